The smallest absolute Gasteiger partial charge is 0.323 e. The second-order valence-electron chi connectivity index (χ2n) is 10.8. The average molecular weight is 453 g/mol. The molecule has 3 aliphatic heterocycles. The van der Waals surface area contributed by atoms with Gasteiger partial charge in [0.15, 0.2) is 0 Å². The standard InChI is InChI=1S/C25H36N6O2/c32-23-8-13-30(24(33)28-23)21-2-1-3-22-20(21)14-27-31(22)19-6-11-29(12-7-19)15-18-4-9-25(10-5-18)16-26-17-25/h1-3,14,18-19,23,26,32H,4-13,15-17H2,(H,28,33). The van der Waals surface area contributed by atoms with Crippen LogP contribution in [0.15, 0.2) is 24.4 Å². The minimum Gasteiger partial charge on any atom is -0.374 e. The summed E-state index contributed by atoms with van der Waals surface area (Å²) in [6.45, 7) is 6.54. The van der Waals surface area contributed by atoms with Crippen LogP contribution in [0.3, 0.4) is 0 Å². The summed E-state index contributed by atoms with van der Waals surface area (Å²) in [5.41, 5.74) is 2.62. The molecule has 1 spiro atoms. The van der Waals surface area contributed by atoms with Crippen LogP contribution in [0.1, 0.15) is 51.0 Å². The van der Waals surface area contributed by atoms with E-state index in [-0.39, 0.29) is 6.03 Å². The van der Waals surface area contributed by atoms with Gasteiger partial charge in [-0.15, -0.1) is 0 Å². The molecule has 4 aliphatic rings. The van der Waals surface area contributed by atoms with Gasteiger partial charge < -0.3 is 20.6 Å². The normalized spacial score (nSPS) is 27.1. The van der Waals surface area contributed by atoms with E-state index in [4.69, 9.17) is 5.10 Å². The molecule has 3 saturated heterocycles. The van der Waals surface area contributed by atoms with Gasteiger partial charge in [0.1, 0.15) is 6.23 Å². The number of hydrogen-bond acceptors (Lipinski definition) is 5. The third kappa shape index (κ3) is 4.02. The molecule has 0 radical (unpaired) electrons. The summed E-state index contributed by atoms with van der Waals surface area (Å²) >= 11 is 0. The van der Waals surface area contributed by atoms with Gasteiger partial charge in [-0.25, -0.2) is 4.79 Å². The highest BCUT2D eigenvalue weighted by molar-refractivity contribution is 6.02. The molecule has 4 fully saturated rings. The van der Waals surface area contributed by atoms with Crippen LogP contribution >= 0.6 is 0 Å². The molecule has 1 saturated carbocycles. The number of carbonyl (C=O) groups is 1. The molecule has 1 unspecified atom stereocenters. The number of amides is 2. The summed E-state index contributed by atoms with van der Waals surface area (Å²) in [5.74, 6) is 0.870. The van der Waals surface area contributed by atoms with E-state index in [1.54, 1.807) is 4.90 Å². The summed E-state index contributed by atoms with van der Waals surface area (Å²) in [4.78, 5) is 16.8. The molecule has 1 aromatic carbocycles. The maximum absolute atomic E-state index is 12.4. The summed E-state index contributed by atoms with van der Waals surface area (Å²) in [6.07, 6.45) is 9.54. The topological polar surface area (TPSA) is 85.7 Å². The van der Waals surface area contributed by atoms with Gasteiger partial charge in [0, 0.05) is 51.1 Å². The lowest BCUT2D eigenvalue weighted by atomic mass is 9.67. The van der Waals surface area contributed by atoms with E-state index in [9.17, 15) is 9.90 Å². The van der Waals surface area contributed by atoms with E-state index in [2.05, 4.69) is 26.3 Å². The van der Waals surface area contributed by atoms with Crippen molar-refractivity contribution in [3.63, 3.8) is 0 Å². The van der Waals surface area contributed by atoms with Crippen LogP contribution in [0, 0.1) is 11.3 Å². The molecule has 3 N–H and O–H groups in total. The Bertz CT molecular complexity index is 999. The lowest BCUT2D eigenvalue weighted by Crippen LogP contribution is -2.55. The first-order valence-electron chi connectivity index (χ1n) is 12.8. The highest BCUT2D eigenvalue weighted by atomic mass is 16.3. The highest BCUT2D eigenvalue weighted by Crippen LogP contribution is 2.42. The van der Waals surface area contributed by atoms with Crippen molar-refractivity contribution in [2.24, 2.45) is 11.3 Å². The van der Waals surface area contributed by atoms with Crippen LogP contribution in [-0.2, 0) is 0 Å². The summed E-state index contributed by atoms with van der Waals surface area (Å²) < 4.78 is 2.18. The van der Waals surface area contributed by atoms with Gasteiger partial charge >= 0.3 is 6.03 Å². The number of anilines is 1. The number of aromatic nitrogens is 2. The minimum absolute atomic E-state index is 0.246. The number of aliphatic hydroxyl groups excluding tert-OH is 1. The first-order valence-corrected chi connectivity index (χ1v) is 12.8. The van der Waals surface area contributed by atoms with Gasteiger partial charge in [-0.1, -0.05) is 6.07 Å². The molecule has 1 aromatic heterocycles. The van der Waals surface area contributed by atoms with Gasteiger partial charge in [0.05, 0.1) is 23.4 Å². The first-order chi connectivity index (χ1) is 16.1. The number of benzene rings is 1. The molecule has 1 aliphatic carbocycles. The average Bonchev–Trinajstić information content (AvgIpc) is 3.24. The second-order valence-corrected chi connectivity index (χ2v) is 10.8. The van der Waals surface area contributed by atoms with Crippen molar-refractivity contribution in [1.29, 1.82) is 0 Å². The summed E-state index contributed by atoms with van der Waals surface area (Å²) in [5, 5.41) is 21.6. The lowest BCUT2D eigenvalue weighted by Gasteiger charge is -2.48. The molecule has 178 valence electrons. The predicted molar refractivity (Wildman–Crippen MR) is 128 cm³/mol. The zero-order chi connectivity index (χ0) is 22.4. The quantitative estimate of drug-likeness (QED) is 0.664. The number of carbonyl (C=O) groups excluding carboxylic acids is 1. The second kappa shape index (κ2) is 8.56. The first kappa shape index (κ1) is 21.4. The molecule has 2 aromatic rings. The molecule has 33 heavy (non-hydrogen) atoms. The monoisotopic (exact) mass is 452 g/mol. The Hall–Kier alpha value is -2.16. The van der Waals surface area contributed by atoms with Crippen molar-refractivity contribution in [1.82, 2.24) is 25.3 Å². The Morgan fingerprint density at radius 3 is 2.55 bits per heavy atom. The molecule has 1 atom stereocenters. The van der Waals surface area contributed by atoms with Gasteiger partial charge in [-0.2, -0.15) is 5.10 Å². The van der Waals surface area contributed by atoms with Gasteiger partial charge in [0.2, 0.25) is 0 Å². The van der Waals surface area contributed by atoms with Crippen molar-refractivity contribution >= 4 is 22.6 Å². The fourth-order valence-corrected chi connectivity index (χ4v) is 6.47. The van der Waals surface area contributed by atoms with E-state index in [1.807, 2.05) is 18.3 Å². The zero-order valence-corrected chi connectivity index (χ0v) is 19.4. The van der Waals surface area contributed by atoms with E-state index >= 15 is 0 Å². The molecule has 4 heterocycles. The number of nitrogens with one attached hydrogen (secondary N) is 2. The van der Waals surface area contributed by atoms with Crippen LogP contribution in [0.25, 0.3) is 10.9 Å². The van der Waals surface area contributed by atoms with Gasteiger partial charge in [0.25, 0.3) is 0 Å². The maximum Gasteiger partial charge on any atom is 0.323 e. The molecule has 2 amide bonds. The van der Waals surface area contributed by atoms with Crippen LogP contribution in [0.5, 0.6) is 0 Å². The highest BCUT2D eigenvalue weighted by Gasteiger charge is 2.40. The number of piperidine rings is 1. The van der Waals surface area contributed by atoms with Crippen molar-refractivity contribution in [2.45, 2.75) is 57.2 Å². The Labute approximate surface area is 195 Å². The minimum atomic E-state index is -0.759. The van der Waals surface area contributed by atoms with E-state index < -0.39 is 6.23 Å². The number of rotatable bonds is 4. The number of fused-ring (bicyclic) bond motifs is 1. The zero-order valence-electron chi connectivity index (χ0n) is 19.4. The number of urea groups is 1. The Balaban J connectivity index is 1.09. The van der Waals surface area contributed by atoms with Crippen molar-refractivity contribution in [3.8, 4) is 0 Å². The SMILES string of the molecule is O=C1NC(O)CCN1c1cccc2c1cnn2C1CCN(CC2CCC3(CC2)CNC3)CC1. The Morgan fingerprint density at radius 2 is 1.85 bits per heavy atom. The summed E-state index contributed by atoms with van der Waals surface area (Å²) in [6, 6.07) is 6.26. The lowest BCUT2D eigenvalue weighted by molar-refractivity contribution is 0.0620. The van der Waals surface area contributed by atoms with E-state index in [0.29, 0.717) is 24.4 Å². The van der Waals surface area contributed by atoms with Crippen LogP contribution in [0.2, 0.25) is 0 Å². The van der Waals surface area contributed by atoms with Crippen LogP contribution < -0.4 is 15.5 Å². The molecule has 6 rings (SSSR count). The van der Waals surface area contributed by atoms with E-state index in [0.717, 1.165) is 48.4 Å². The van der Waals surface area contributed by atoms with Crippen molar-refractivity contribution < 1.29 is 9.90 Å². The largest absolute Gasteiger partial charge is 0.374 e. The van der Waals surface area contributed by atoms with Crippen LogP contribution in [0.4, 0.5) is 10.5 Å². The fraction of sp³-hybridized carbons (Fsp3) is 0.680. The van der Waals surface area contributed by atoms with Crippen molar-refractivity contribution in [3.05, 3.63) is 24.4 Å². The summed E-state index contributed by atoms with van der Waals surface area (Å²) in [7, 11) is 0. The molecule has 0 bridgehead atoms. The van der Waals surface area contributed by atoms with Gasteiger partial charge in [-0.3, -0.25) is 9.58 Å². The fourth-order valence-electron chi connectivity index (χ4n) is 6.47. The molecule has 8 nitrogen and oxygen atoms in total. The molecular formula is C25H36N6O2. The third-order valence-corrected chi connectivity index (χ3v) is 8.66. The van der Waals surface area contributed by atoms with E-state index in [1.165, 1.54) is 45.3 Å². The number of hydrogen-bond donors (Lipinski definition) is 3. The number of aliphatic hydroxyl groups is 1. The third-order valence-electron chi connectivity index (χ3n) is 8.66. The molecular weight excluding hydrogens is 416 g/mol. The van der Waals surface area contributed by atoms with Gasteiger partial charge in [-0.05, 0) is 62.0 Å². The number of nitrogens with zero attached hydrogens (tertiary/aromatic N) is 4. The number of likely N-dealkylation sites (tertiary alicyclic amines) is 1. The Morgan fingerprint density at radius 1 is 1.06 bits per heavy atom. The Kier molecular flexibility index (Phi) is 5.55. The van der Waals surface area contributed by atoms with Crippen molar-refractivity contribution in [2.75, 3.05) is 44.2 Å². The van der Waals surface area contributed by atoms with Crippen LogP contribution in [-0.4, -0.2) is 71.3 Å². The predicted octanol–water partition coefficient (Wildman–Crippen LogP) is 2.69. The molecule has 8 heteroatoms. The maximum atomic E-state index is 12.4.